The van der Waals surface area contributed by atoms with Crippen molar-refractivity contribution in [2.24, 2.45) is 11.8 Å². The van der Waals surface area contributed by atoms with E-state index in [1.165, 1.54) is 0 Å². The zero-order chi connectivity index (χ0) is 29.9. The molecule has 218 valence electrons. The quantitative estimate of drug-likeness (QED) is 0.291. The third-order valence-electron chi connectivity index (χ3n) is 9.21. The first kappa shape index (κ1) is 29.0. The van der Waals surface area contributed by atoms with Crippen LogP contribution in [0.4, 0.5) is 15.9 Å². The number of anilines is 2. The number of nitrogens with one attached hydrogen (secondary N) is 1. The molecule has 4 atom stereocenters. The van der Waals surface area contributed by atoms with Crippen LogP contribution in [0.2, 0.25) is 0 Å². The highest BCUT2D eigenvalue weighted by Gasteiger charge is 2.64. The fraction of sp³-hybridized carbons (Fsp3) is 0.515. The van der Waals surface area contributed by atoms with E-state index in [2.05, 4.69) is 29.1 Å². The Balaban J connectivity index is 1.53. The molecule has 0 radical (unpaired) electrons. The minimum absolute atomic E-state index is 0.0245. The molecule has 1 fully saturated rings. The Hall–Kier alpha value is -3.55. The molecule has 2 heterocycles. The second-order valence-electron chi connectivity index (χ2n) is 12.3. The summed E-state index contributed by atoms with van der Waals surface area (Å²) in [6.07, 6.45) is 2.59. The van der Waals surface area contributed by atoms with Crippen LogP contribution >= 0.6 is 0 Å². The lowest BCUT2D eigenvalue weighted by Gasteiger charge is -2.23. The number of amides is 1. The van der Waals surface area contributed by atoms with Crippen LogP contribution in [0.15, 0.2) is 30.3 Å². The molecule has 1 aliphatic heterocycles. The van der Waals surface area contributed by atoms with Crippen LogP contribution in [0, 0.1) is 24.6 Å². The Bertz CT molecular complexity index is 1540. The lowest BCUT2D eigenvalue weighted by atomic mass is 9.85. The molecule has 8 heteroatoms. The van der Waals surface area contributed by atoms with Gasteiger partial charge in [-0.25, -0.2) is 14.4 Å². The molecule has 1 saturated carbocycles. The summed E-state index contributed by atoms with van der Waals surface area (Å²) < 4.78 is 21.9. The van der Waals surface area contributed by atoms with Crippen LogP contribution < -0.4 is 10.2 Å². The normalized spacial score (nSPS) is 22.4. The summed E-state index contributed by atoms with van der Waals surface area (Å²) in [6, 6.07) is 8.77. The third-order valence-corrected chi connectivity index (χ3v) is 9.21. The topological polar surface area (TPSA) is 84.4 Å². The number of carbonyl (C=O) groups excluding carboxylic acids is 2. The summed E-state index contributed by atoms with van der Waals surface area (Å²) in [7, 11) is 1.78. The maximum Gasteiger partial charge on any atom is 0.316 e. The molecule has 3 unspecified atom stereocenters. The smallest absolute Gasteiger partial charge is 0.316 e. The number of ether oxygens (including phenoxy) is 1. The van der Waals surface area contributed by atoms with Gasteiger partial charge in [0.2, 0.25) is 5.91 Å². The van der Waals surface area contributed by atoms with Crippen molar-refractivity contribution in [3.63, 3.8) is 0 Å². The predicted molar refractivity (Wildman–Crippen MR) is 160 cm³/mol. The van der Waals surface area contributed by atoms with Gasteiger partial charge in [-0.15, -0.1) is 0 Å². The highest BCUT2D eigenvalue weighted by Crippen LogP contribution is 2.60. The number of aryl methyl sites for hydroxylation is 1. The summed E-state index contributed by atoms with van der Waals surface area (Å²) in [5.41, 5.74) is 1.75. The van der Waals surface area contributed by atoms with Crippen LogP contribution in [-0.2, 0) is 25.2 Å². The van der Waals surface area contributed by atoms with E-state index in [0.717, 1.165) is 35.0 Å². The number of hydrogen-bond donors (Lipinski definition) is 1. The van der Waals surface area contributed by atoms with Crippen molar-refractivity contribution in [3.8, 4) is 0 Å². The molecule has 1 N–H and O–H groups in total. The Morgan fingerprint density at radius 2 is 1.93 bits per heavy atom. The fourth-order valence-electron chi connectivity index (χ4n) is 6.87. The number of likely N-dealkylation sites (N-methyl/N-ethyl adjacent to an activating group) is 1. The van der Waals surface area contributed by atoms with Gasteiger partial charge >= 0.3 is 5.97 Å². The average molecular weight is 561 g/mol. The third kappa shape index (κ3) is 4.56. The van der Waals surface area contributed by atoms with Gasteiger partial charge in [0.1, 0.15) is 17.5 Å². The van der Waals surface area contributed by atoms with E-state index in [1.807, 2.05) is 45.9 Å². The Labute approximate surface area is 241 Å². The molecule has 1 aliphatic carbocycles. The molecule has 0 spiro atoms. The molecule has 1 amide bonds. The Morgan fingerprint density at radius 1 is 1.20 bits per heavy atom. The summed E-state index contributed by atoms with van der Waals surface area (Å²) in [4.78, 5) is 37.2. The number of carbonyl (C=O) groups is 2. The van der Waals surface area contributed by atoms with Gasteiger partial charge in [-0.2, -0.15) is 0 Å². The number of nitrogens with zero attached hydrogens (tertiary/aromatic N) is 3. The largest absolute Gasteiger partial charge is 0.465 e. The van der Waals surface area contributed by atoms with E-state index >= 15 is 4.39 Å². The van der Waals surface area contributed by atoms with Crippen LogP contribution in [0.5, 0.6) is 0 Å². The minimum atomic E-state index is -0.951. The first-order chi connectivity index (χ1) is 19.4. The van der Waals surface area contributed by atoms with Gasteiger partial charge in [-0.05, 0) is 70.6 Å². The standard InChI is InChI=1S/C33H41FN4O3/c1-9-12-18(3)25-17-33(25,31(40)41-10-2)23-14-11-13-21(28(23)34)19(4)35-29-22-15-27-24(16-26(22)36-20(5)37-29)32(6,7)30(39)38(27)8/h11,13-16,18-19,25H,9-10,12,17H2,1-8H3,(H,35,36,37)/t18-,19?,25?,33?/m0/s1. The van der Waals surface area contributed by atoms with Crippen molar-refractivity contribution in [1.29, 1.82) is 0 Å². The van der Waals surface area contributed by atoms with Crippen molar-refractivity contribution in [1.82, 2.24) is 9.97 Å². The zero-order valence-corrected chi connectivity index (χ0v) is 25.4. The van der Waals surface area contributed by atoms with E-state index in [1.54, 1.807) is 31.0 Å². The zero-order valence-electron chi connectivity index (χ0n) is 25.4. The van der Waals surface area contributed by atoms with Gasteiger partial charge in [0, 0.05) is 29.2 Å². The van der Waals surface area contributed by atoms with E-state index in [-0.39, 0.29) is 36.1 Å². The summed E-state index contributed by atoms with van der Waals surface area (Å²) in [5.74, 6) is 0.788. The molecular formula is C33H41FN4O3. The Morgan fingerprint density at radius 3 is 2.61 bits per heavy atom. The fourth-order valence-corrected chi connectivity index (χ4v) is 6.87. The maximum absolute atomic E-state index is 16.4. The average Bonchev–Trinajstić information content (AvgIpc) is 3.65. The molecular weight excluding hydrogens is 519 g/mol. The number of benzene rings is 2. The first-order valence-electron chi connectivity index (χ1n) is 14.7. The lowest BCUT2D eigenvalue weighted by Crippen LogP contribution is -2.33. The predicted octanol–water partition coefficient (Wildman–Crippen LogP) is 6.76. The summed E-state index contributed by atoms with van der Waals surface area (Å²) in [5, 5.41) is 4.18. The number of aromatic nitrogens is 2. The summed E-state index contributed by atoms with van der Waals surface area (Å²) >= 11 is 0. The van der Waals surface area contributed by atoms with Crippen molar-refractivity contribution in [2.75, 3.05) is 23.9 Å². The molecule has 41 heavy (non-hydrogen) atoms. The number of hydrogen-bond acceptors (Lipinski definition) is 6. The van der Waals surface area contributed by atoms with E-state index < -0.39 is 16.9 Å². The van der Waals surface area contributed by atoms with Crippen LogP contribution in [0.3, 0.4) is 0 Å². The monoisotopic (exact) mass is 560 g/mol. The van der Waals surface area contributed by atoms with Crippen LogP contribution in [0.25, 0.3) is 10.9 Å². The SMILES string of the molecule is CCC[C@H](C)C1CC1(C(=O)OCC)c1cccc(C(C)Nc2nc(C)nc3cc4c(cc23)N(C)C(=O)C4(C)C)c1F. The van der Waals surface area contributed by atoms with Crippen LogP contribution in [-0.4, -0.2) is 35.5 Å². The molecule has 5 rings (SSSR count). The van der Waals surface area contributed by atoms with E-state index in [4.69, 9.17) is 4.74 Å². The van der Waals surface area contributed by atoms with E-state index in [9.17, 15) is 9.59 Å². The van der Waals surface area contributed by atoms with Crippen molar-refractivity contribution < 1.29 is 18.7 Å². The molecule has 2 aliphatic rings. The molecule has 7 nitrogen and oxygen atoms in total. The van der Waals surface area contributed by atoms with Crippen molar-refractivity contribution in [2.45, 2.75) is 84.6 Å². The van der Waals surface area contributed by atoms with Gasteiger partial charge in [0.05, 0.1) is 29.0 Å². The van der Waals surface area contributed by atoms with Gasteiger partial charge < -0.3 is 15.0 Å². The second kappa shape index (κ2) is 10.4. The van der Waals surface area contributed by atoms with Gasteiger partial charge in [0.25, 0.3) is 0 Å². The lowest BCUT2D eigenvalue weighted by molar-refractivity contribution is -0.147. The Kier molecular flexibility index (Phi) is 7.33. The molecule has 3 aromatic rings. The van der Waals surface area contributed by atoms with Crippen molar-refractivity contribution >= 4 is 34.3 Å². The maximum atomic E-state index is 16.4. The molecule has 0 bridgehead atoms. The van der Waals surface area contributed by atoms with E-state index in [0.29, 0.717) is 29.2 Å². The highest BCUT2D eigenvalue weighted by atomic mass is 19.1. The van der Waals surface area contributed by atoms with Crippen molar-refractivity contribution in [3.05, 3.63) is 58.7 Å². The van der Waals surface area contributed by atoms with Gasteiger partial charge in [-0.1, -0.05) is 44.9 Å². The first-order valence-corrected chi connectivity index (χ1v) is 14.7. The molecule has 1 aromatic heterocycles. The van der Waals surface area contributed by atoms with Gasteiger partial charge in [-0.3, -0.25) is 9.59 Å². The minimum Gasteiger partial charge on any atom is -0.465 e. The number of rotatable bonds is 9. The van der Waals surface area contributed by atoms with Gasteiger partial charge in [0.15, 0.2) is 0 Å². The second-order valence-corrected chi connectivity index (χ2v) is 12.3. The highest BCUT2D eigenvalue weighted by molar-refractivity contribution is 6.10. The number of halogens is 1. The molecule has 2 aromatic carbocycles. The van der Waals surface area contributed by atoms with Crippen LogP contribution in [0.1, 0.15) is 89.4 Å². The number of fused-ring (bicyclic) bond motifs is 2. The summed E-state index contributed by atoms with van der Waals surface area (Å²) in [6.45, 7) is 13.9. The molecule has 0 saturated heterocycles. The number of esters is 1.